The quantitative estimate of drug-likeness (QED) is 0.239. The molecule has 4 aromatic rings. The van der Waals surface area contributed by atoms with Crippen LogP contribution in [0, 0.1) is 0 Å². The van der Waals surface area contributed by atoms with Crippen molar-refractivity contribution in [2.45, 2.75) is 76.5 Å². The van der Waals surface area contributed by atoms with E-state index in [1.165, 1.54) is 6.07 Å². The third kappa shape index (κ3) is 6.52. The summed E-state index contributed by atoms with van der Waals surface area (Å²) in [6, 6.07) is 14.5. The second-order valence-electron chi connectivity index (χ2n) is 13.6. The van der Waals surface area contributed by atoms with E-state index < -0.39 is 16.1 Å². The summed E-state index contributed by atoms with van der Waals surface area (Å²) in [6.45, 7) is 9.15. The molecule has 0 bridgehead atoms. The molecule has 1 aromatic carbocycles. The van der Waals surface area contributed by atoms with Crippen LogP contribution >= 0.6 is 0 Å². The molecule has 0 radical (unpaired) electrons. The molecule has 6 rings (SSSR count). The first kappa shape index (κ1) is 31.7. The van der Waals surface area contributed by atoms with Crippen molar-refractivity contribution in [1.29, 1.82) is 0 Å². The SMILES string of the molecule is CN1CCC[C@@]1(C)c1nnc2ccc(O[C@@H]3CC[C@H](NC(=O)Nc4cc(NS(C)(=O)=O)nc(C(C)(C)C)c4)c4ccccc43)cn12. The first-order chi connectivity index (χ1) is 21.7. The minimum absolute atomic E-state index is 0.148. The Labute approximate surface area is 270 Å². The summed E-state index contributed by atoms with van der Waals surface area (Å²) in [6.07, 6.45) is 6.35. The lowest BCUT2D eigenvalue weighted by Crippen LogP contribution is -2.37. The number of benzene rings is 1. The lowest BCUT2D eigenvalue weighted by molar-refractivity contribution is 0.170. The molecule has 1 fully saturated rings. The number of ether oxygens (including phenoxy) is 1. The summed E-state index contributed by atoms with van der Waals surface area (Å²) < 4.78 is 34.8. The Hall–Kier alpha value is -4.23. The zero-order chi connectivity index (χ0) is 32.9. The number of aromatic nitrogens is 4. The smallest absolute Gasteiger partial charge is 0.319 e. The number of fused-ring (bicyclic) bond motifs is 2. The van der Waals surface area contributed by atoms with Crippen LogP contribution in [0.1, 0.15) is 88.2 Å². The van der Waals surface area contributed by atoms with Gasteiger partial charge in [-0.05, 0) is 75.5 Å². The Balaban J connectivity index is 1.19. The van der Waals surface area contributed by atoms with Crippen LogP contribution in [0.15, 0.2) is 54.7 Å². The molecule has 0 unspecified atom stereocenters. The van der Waals surface area contributed by atoms with Crippen LogP contribution in [0.25, 0.3) is 5.65 Å². The Kier molecular flexibility index (Phi) is 8.18. The van der Waals surface area contributed by atoms with E-state index >= 15 is 0 Å². The van der Waals surface area contributed by atoms with Gasteiger partial charge in [0.1, 0.15) is 17.7 Å². The van der Waals surface area contributed by atoms with Crippen molar-refractivity contribution in [3.05, 3.63) is 77.4 Å². The van der Waals surface area contributed by atoms with Gasteiger partial charge in [-0.3, -0.25) is 14.0 Å². The molecule has 0 spiro atoms. The lowest BCUT2D eigenvalue weighted by Gasteiger charge is -2.32. The van der Waals surface area contributed by atoms with E-state index in [4.69, 9.17) is 4.74 Å². The zero-order valence-electron chi connectivity index (χ0n) is 27.2. The molecule has 4 heterocycles. The van der Waals surface area contributed by atoms with Gasteiger partial charge in [0.2, 0.25) is 10.0 Å². The summed E-state index contributed by atoms with van der Waals surface area (Å²) in [5.41, 5.74) is 3.31. The number of nitrogens with one attached hydrogen (secondary N) is 3. The van der Waals surface area contributed by atoms with Crippen molar-refractivity contribution >= 4 is 33.2 Å². The summed E-state index contributed by atoms with van der Waals surface area (Å²) in [5.74, 6) is 1.79. The molecule has 3 aromatic heterocycles. The number of rotatable bonds is 7. The molecule has 244 valence electrons. The Morgan fingerprint density at radius 1 is 1.07 bits per heavy atom. The Morgan fingerprint density at radius 2 is 1.83 bits per heavy atom. The molecule has 3 atom stereocenters. The highest BCUT2D eigenvalue weighted by molar-refractivity contribution is 7.92. The normalized spacial score (nSPS) is 22.0. The van der Waals surface area contributed by atoms with E-state index in [-0.39, 0.29) is 28.9 Å². The first-order valence-electron chi connectivity index (χ1n) is 15.6. The van der Waals surface area contributed by atoms with E-state index in [1.54, 1.807) is 6.07 Å². The van der Waals surface area contributed by atoms with Gasteiger partial charge in [-0.1, -0.05) is 45.0 Å². The summed E-state index contributed by atoms with van der Waals surface area (Å²) in [4.78, 5) is 20.1. The highest BCUT2D eigenvalue weighted by Gasteiger charge is 2.40. The largest absolute Gasteiger partial charge is 0.484 e. The monoisotopic (exact) mass is 646 g/mol. The van der Waals surface area contributed by atoms with Gasteiger partial charge < -0.3 is 15.4 Å². The minimum atomic E-state index is -3.55. The molecule has 1 saturated heterocycles. The number of sulfonamides is 1. The van der Waals surface area contributed by atoms with E-state index in [2.05, 4.69) is 49.4 Å². The van der Waals surface area contributed by atoms with E-state index in [9.17, 15) is 13.2 Å². The molecule has 3 N–H and O–H groups in total. The number of carbonyl (C=O) groups is 1. The van der Waals surface area contributed by atoms with Gasteiger partial charge >= 0.3 is 6.03 Å². The van der Waals surface area contributed by atoms with Crippen molar-refractivity contribution in [1.82, 2.24) is 29.8 Å². The van der Waals surface area contributed by atoms with Crippen LogP contribution in [0.3, 0.4) is 0 Å². The molecular formula is C33H42N8O4S. The minimum Gasteiger partial charge on any atom is -0.484 e. The molecular weight excluding hydrogens is 604 g/mol. The number of nitrogens with zero attached hydrogens (tertiary/aromatic N) is 5. The fraction of sp³-hybridized carbons (Fsp3) is 0.455. The molecule has 13 heteroatoms. The van der Waals surface area contributed by atoms with Crippen LogP contribution in [0.5, 0.6) is 5.75 Å². The van der Waals surface area contributed by atoms with Crippen molar-refractivity contribution in [2.24, 2.45) is 0 Å². The number of carbonyl (C=O) groups excluding carboxylic acids is 1. The Bertz CT molecular complexity index is 1890. The molecule has 0 saturated carbocycles. The van der Waals surface area contributed by atoms with Gasteiger partial charge in [0.05, 0.1) is 29.7 Å². The fourth-order valence-corrected chi connectivity index (χ4v) is 6.91. The second-order valence-corrected chi connectivity index (χ2v) is 15.4. The van der Waals surface area contributed by atoms with Crippen molar-refractivity contribution in [3.63, 3.8) is 0 Å². The van der Waals surface area contributed by atoms with Gasteiger partial charge in [0.25, 0.3) is 0 Å². The predicted octanol–water partition coefficient (Wildman–Crippen LogP) is 5.51. The summed E-state index contributed by atoms with van der Waals surface area (Å²) >= 11 is 0. The number of hydrogen-bond acceptors (Lipinski definition) is 8. The highest BCUT2D eigenvalue weighted by atomic mass is 32.2. The zero-order valence-corrected chi connectivity index (χ0v) is 28.0. The van der Waals surface area contributed by atoms with Crippen LogP contribution in [-0.4, -0.2) is 58.8 Å². The average molecular weight is 647 g/mol. The van der Waals surface area contributed by atoms with Crippen LogP contribution < -0.4 is 20.1 Å². The van der Waals surface area contributed by atoms with Gasteiger partial charge in [-0.15, -0.1) is 10.2 Å². The van der Waals surface area contributed by atoms with Crippen molar-refractivity contribution in [2.75, 3.05) is 29.9 Å². The number of likely N-dealkylation sites (tertiary alicyclic amines) is 1. The Morgan fingerprint density at radius 3 is 2.52 bits per heavy atom. The maximum absolute atomic E-state index is 13.3. The number of pyridine rings is 2. The van der Waals surface area contributed by atoms with Crippen LogP contribution in [0.4, 0.5) is 16.3 Å². The van der Waals surface area contributed by atoms with Crippen molar-refractivity contribution < 1.29 is 17.9 Å². The number of anilines is 2. The molecule has 12 nitrogen and oxygen atoms in total. The highest BCUT2D eigenvalue weighted by Crippen LogP contribution is 2.40. The van der Waals surface area contributed by atoms with E-state index in [0.29, 0.717) is 24.2 Å². The predicted molar refractivity (Wildman–Crippen MR) is 178 cm³/mol. The molecule has 2 amide bonds. The average Bonchev–Trinajstić information content (AvgIpc) is 3.55. The van der Waals surface area contributed by atoms with Gasteiger partial charge in [-0.2, -0.15) is 0 Å². The standard InChI is InChI=1S/C33H42N8O4S/c1-32(2,3)27-18-21(19-28(36-27)39-46(6,43)44)34-31(42)35-25-13-14-26(24-11-8-7-10-23(24)25)45-22-12-15-29-37-38-30(41(29)20-22)33(4)16-9-17-40(33)5/h7-8,10-12,15,18-20,25-26H,9,13-14,16-17H2,1-6H3,(H3,34,35,36,39,42)/t25-,26+,33-/m0/s1. The van der Waals surface area contributed by atoms with Gasteiger partial charge in [0, 0.05) is 17.2 Å². The number of urea groups is 1. The maximum Gasteiger partial charge on any atom is 0.319 e. The topological polar surface area (TPSA) is 143 Å². The molecule has 2 aliphatic rings. The van der Waals surface area contributed by atoms with E-state index in [0.717, 1.165) is 54.0 Å². The van der Waals surface area contributed by atoms with Gasteiger partial charge in [-0.25, -0.2) is 18.2 Å². The van der Waals surface area contributed by atoms with Gasteiger partial charge in [0.15, 0.2) is 11.5 Å². The first-order valence-corrected chi connectivity index (χ1v) is 17.5. The molecule has 46 heavy (non-hydrogen) atoms. The van der Waals surface area contributed by atoms with Crippen LogP contribution in [-0.2, 0) is 21.0 Å². The maximum atomic E-state index is 13.3. The summed E-state index contributed by atoms with van der Waals surface area (Å²) in [7, 11) is -1.42. The third-order valence-electron chi connectivity index (χ3n) is 9.02. The molecule has 1 aliphatic heterocycles. The third-order valence-corrected chi connectivity index (χ3v) is 9.60. The second kappa shape index (κ2) is 11.8. The lowest BCUT2D eigenvalue weighted by atomic mass is 9.85. The van der Waals surface area contributed by atoms with Crippen LogP contribution in [0.2, 0.25) is 0 Å². The fourth-order valence-electron chi connectivity index (χ4n) is 6.43. The number of hydrogen-bond donors (Lipinski definition) is 3. The number of amides is 2. The van der Waals surface area contributed by atoms with E-state index in [1.807, 2.05) is 67.8 Å². The molecule has 1 aliphatic carbocycles. The van der Waals surface area contributed by atoms with Crippen molar-refractivity contribution in [3.8, 4) is 5.75 Å². The summed E-state index contributed by atoms with van der Waals surface area (Å²) in [5, 5.41) is 15.0.